The van der Waals surface area contributed by atoms with E-state index >= 15 is 0 Å². The smallest absolute Gasteiger partial charge is 0.269 e. The zero-order valence-corrected chi connectivity index (χ0v) is 20.1. The highest BCUT2D eigenvalue weighted by atomic mass is 35.5. The molecule has 184 valence electrons. The van der Waals surface area contributed by atoms with E-state index < -0.39 is 51.8 Å². The van der Waals surface area contributed by atoms with Crippen LogP contribution in [0.2, 0.25) is 10.0 Å². The number of nitro groups is 1. The van der Waals surface area contributed by atoms with Gasteiger partial charge in [-0.15, -0.1) is 0 Å². The van der Waals surface area contributed by atoms with Gasteiger partial charge >= 0.3 is 0 Å². The second-order valence-corrected chi connectivity index (χ2v) is 9.78. The van der Waals surface area contributed by atoms with Crippen molar-refractivity contribution in [2.45, 2.75) is 11.7 Å². The molecule has 0 unspecified atom stereocenters. The lowest BCUT2D eigenvalue weighted by Gasteiger charge is -2.27. The minimum Gasteiger partial charge on any atom is -0.349 e. The van der Waals surface area contributed by atoms with Crippen LogP contribution >= 0.6 is 23.2 Å². The predicted octanol–water partition coefficient (Wildman–Crippen LogP) is 4.60. The zero-order chi connectivity index (χ0) is 26.2. The van der Waals surface area contributed by atoms with Gasteiger partial charge in [0, 0.05) is 38.9 Å². The zero-order valence-electron chi connectivity index (χ0n) is 18.6. The van der Waals surface area contributed by atoms with Crippen LogP contribution in [0, 0.1) is 22.0 Å². The first-order chi connectivity index (χ1) is 17.7. The van der Waals surface area contributed by atoms with Crippen molar-refractivity contribution >= 4 is 58.0 Å². The van der Waals surface area contributed by atoms with Gasteiger partial charge in [-0.05, 0) is 24.3 Å². The van der Waals surface area contributed by atoms with Crippen LogP contribution in [-0.2, 0) is 14.3 Å². The number of halogens is 2. The number of Topliss-reactive ketones (excluding diaryl/α,β-unsaturated/α-hetero) is 2. The van der Waals surface area contributed by atoms with E-state index in [1.807, 2.05) is 0 Å². The van der Waals surface area contributed by atoms with E-state index in [-0.39, 0.29) is 27.5 Å². The second-order valence-electron chi connectivity index (χ2n) is 8.93. The number of non-ortho nitro benzene ring substituents is 1. The fourth-order valence-electron chi connectivity index (χ4n) is 5.51. The highest BCUT2D eigenvalue weighted by Gasteiger charge is 2.74. The first-order valence-electron chi connectivity index (χ1n) is 11.1. The number of hydrogen-bond donors (Lipinski definition) is 0. The van der Waals surface area contributed by atoms with Gasteiger partial charge in [-0.1, -0.05) is 53.5 Å². The van der Waals surface area contributed by atoms with Crippen molar-refractivity contribution < 1.29 is 28.8 Å². The van der Waals surface area contributed by atoms with Crippen LogP contribution < -0.4 is 4.90 Å². The molecule has 2 saturated heterocycles. The maximum Gasteiger partial charge on any atom is 0.269 e. The number of nitro benzene ring substituents is 1. The molecule has 3 aromatic rings. The summed E-state index contributed by atoms with van der Waals surface area (Å²) < 4.78 is 6.18. The first-order valence-corrected chi connectivity index (χ1v) is 11.9. The molecule has 3 atom stereocenters. The minimum atomic E-state index is -2.26. The van der Waals surface area contributed by atoms with Crippen molar-refractivity contribution in [3.63, 3.8) is 0 Å². The summed E-state index contributed by atoms with van der Waals surface area (Å²) in [5, 5.41) is 11.5. The summed E-state index contributed by atoms with van der Waals surface area (Å²) in [6.07, 6.45) is -1.21. The highest BCUT2D eigenvalue weighted by molar-refractivity contribution is 6.37. The van der Waals surface area contributed by atoms with E-state index in [0.717, 1.165) is 17.0 Å². The molecule has 0 bridgehead atoms. The minimum absolute atomic E-state index is 0.0708. The van der Waals surface area contributed by atoms with Crippen LogP contribution in [0.25, 0.3) is 0 Å². The van der Waals surface area contributed by atoms with E-state index in [9.17, 15) is 29.3 Å². The molecule has 1 aliphatic carbocycles. The number of ketones is 2. The number of imide groups is 1. The number of nitrogens with zero attached hydrogens (tertiary/aromatic N) is 2. The van der Waals surface area contributed by atoms with Crippen LogP contribution in [-0.4, -0.2) is 33.9 Å². The molecule has 11 heteroatoms. The van der Waals surface area contributed by atoms with E-state index in [0.29, 0.717) is 10.6 Å². The van der Waals surface area contributed by atoms with Crippen LogP contribution in [0.4, 0.5) is 11.4 Å². The number of amides is 2. The molecule has 0 aromatic heterocycles. The maximum absolute atomic E-state index is 13.9. The number of carbonyl (C=O) groups excluding carboxylic acids is 4. The molecule has 0 N–H and O–H groups in total. The molecule has 1 spiro atoms. The van der Waals surface area contributed by atoms with E-state index in [2.05, 4.69) is 0 Å². The number of carbonyl (C=O) groups is 4. The molecule has 3 aliphatic rings. The van der Waals surface area contributed by atoms with Crippen LogP contribution in [0.15, 0.2) is 66.7 Å². The molecule has 2 heterocycles. The van der Waals surface area contributed by atoms with Crippen LogP contribution in [0.3, 0.4) is 0 Å². The van der Waals surface area contributed by atoms with Gasteiger partial charge in [-0.2, -0.15) is 0 Å². The number of benzene rings is 3. The summed E-state index contributed by atoms with van der Waals surface area (Å²) >= 11 is 12.5. The van der Waals surface area contributed by atoms with Gasteiger partial charge in [0.15, 0.2) is 0 Å². The topological polar surface area (TPSA) is 124 Å². The van der Waals surface area contributed by atoms with Crippen molar-refractivity contribution in [3.8, 4) is 0 Å². The molecule has 2 aliphatic heterocycles. The van der Waals surface area contributed by atoms with Gasteiger partial charge in [0.2, 0.25) is 29.0 Å². The summed E-state index contributed by atoms with van der Waals surface area (Å²) in [4.78, 5) is 66.5. The fraction of sp³-hybridized carbons (Fsp3) is 0.154. The number of rotatable bonds is 3. The molecule has 0 saturated carbocycles. The Morgan fingerprint density at radius 3 is 2.05 bits per heavy atom. The predicted molar refractivity (Wildman–Crippen MR) is 131 cm³/mol. The van der Waals surface area contributed by atoms with Crippen LogP contribution in [0.1, 0.15) is 32.4 Å². The average molecular weight is 537 g/mol. The Morgan fingerprint density at radius 1 is 0.865 bits per heavy atom. The monoisotopic (exact) mass is 536 g/mol. The number of ether oxygens (including phenoxy) is 1. The molecule has 3 aromatic carbocycles. The Labute approximate surface area is 218 Å². The molecule has 2 fully saturated rings. The Hall–Kier alpha value is -3.92. The Kier molecular flexibility index (Phi) is 5.10. The standard InChI is InChI=1S/C26H14Cl2N2O7/c27-12-5-10-17(18(28)11-12)21-19-20(26(37-21)22(31)15-3-1-2-4-16(15)23(26)32)25(34)29(24(19)33)13-6-8-14(9-7-13)30(35)36/h1-11,19-21H/t19-,20-,21-/m0/s1. The largest absolute Gasteiger partial charge is 0.349 e. The van der Waals surface area contributed by atoms with E-state index in [1.165, 1.54) is 42.5 Å². The molecular weight excluding hydrogens is 523 g/mol. The number of anilines is 1. The van der Waals surface area contributed by atoms with Gasteiger partial charge < -0.3 is 4.74 Å². The number of hydrogen-bond acceptors (Lipinski definition) is 7. The van der Waals surface area contributed by atoms with E-state index in [4.69, 9.17) is 27.9 Å². The second kappa shape index (κ2) is 8.04. The first kappa shape index (κ1) is 23.5. The third kappa shape index (κ3) is 3.08. The normalized spacial score (nSPS) is 23.6. The fourth-order valence-corrected chi connectivity index (χ4v) is 6.03. The molecule has 9 nitrogen and oxygen atoms in total. The van der Waals surface area contributed by atoms with Gasteiger partial charge in [0.1, 0.15) is 0 Å². The SMILES string of the molecule is O=C1[C@H]2[C@@H](C(=O)N1c1ccc([N+](=O)[O-])cc1)C1(O[C@H]2c2ccc(Cl)cc2Cl)C(=O)c2ccccc2C1=O. The van der Waals surface area contributed by atoms with Crippen molar-refractivity contribution in [2.75, 3.05) is 4.90 Å². The van der Waals surface area contributed by atoms with Gasteiger partial charge in [-0.25, -0.2) is 4.90 Å². The summed E-state index contributed by atoms with van der Waals surface area (Å²) in [7, 11) is 0. The third-order valence-corrected chi connectivity index (χ3v) is 7.67. The summed E-state index contributed by atoms with van der Waals surface area (Å²) in [5.41, 5.74) is -1.93. The molecule has 2 amide bonds. The number of fused-ring (bicyclic) bond motifs is 3. The summed E-state index contributed by atoms with van der Waals surface area (Å²) in [6.45, 7) is 0. The maximum atomic E-state index is 13.9. The summed E-state index contributed by atoms with van der Waals surface area (Å²) in [5.74, 6) is -5.67. The van der Waals surface area contributed by atoms with Gasteiger partial charge in [0.05, 0.1) is 28.6 Å². The van der Waals surface area contributed by atoms with Gasteiger partial charge in [-0.3, -0.25) is 29.3 Å². The van der Waals surface area contributed by atoms with Crippen molar-refractivity contribution in [2.24, 2.45) is 11.8 Å². The van der Waals surface area contributed by atoms with Crippen molar-refractivity contribution in [1.82, 2.24) is 0 Å². The lowest BCUT2D eigenvalue weighted by Crippen LogP contribution is -2.51. The quantitative estimate of drug-likeness (QED) is 0.207. The Bertz CT molecular complexity index is 1530. The third-order valence-electron chi connectivity index (χ3n) is 7.11. The summed E-state index contributed by atoms with van der Waals surface area (Å²) in [6, 6.07) is 15.5. The average Bonchev–Trinajstić information content (AvgIpc) is 3.44. The Morgan fingerprint density at radius 2 is 1.49 bits per heavy atom. The lowest BCUT2D eigenvalue weighted by atomic mass is 9.77. The van der Waals surface area contributed by atoms with Crippen LogP contribution in [0.5, 0.6) is 0 Å². The van der Waals surface area contributed by atoms with Crippen molar-refractivity contribution in [1.29, 1.82) is 0 Å². The molecule has 37 heavy (non-hydrogen) atoms. The Balaban J connectivity index is 1.53. The molecule has 6 rings (SSSR count). The lowest BCUT2D eigenvalue weighted by molar-refractivity contribution is -0.384. The molecule has 0 radical (unpaired) electrons. The highest BCUT2D eigenvalue weighted by Crippen LogP contribution is 2.58. The van der Waals surface area contributed by atoms with Crippen molar-refractivity contribution in [3.05, 3.63) is 104 Å². The van der Waals surface area contributed by atoms with E-state index in [1.54, 1.807) is 12.1 Å². The van der Waals surface area contributed by atoms with Gasteiger partial charge in [0.25, 0.3) is 5.69 Å². The molecular formula is C26H14Cl2N2O7.